The first kappa shape index (κ1) is 9.19. The molecule has 0 aromatic heterocycles. The van der Waals surface area contributed by atoms with Gasteiger partial charge in [0.25, 0.3) is 0 Å². The lowest BCUT2D eigenvalue weighted by Gasteiger charge is -2.10. The SMILES string of the molecule is C1OCOCO1.c1ccccc1. The Balaban J connectivity index is 0.000000120. The zero-order valence-electron chi connectivity index (χ0n) is 6.81. The molecule has 3 nitrogen and oxygen atoms in total. The zero-order chi connectivity index (χ0) is 8.49. The molecule has 1 aromatic rings. The number of hydrogen-bond acceptors (Lipinski definition) is 3. The summed E-state index contributed by atoms with van der Waals surface area (Å²) in [6.45, 7) is 1.12. The van der Waals surface area contributed by atoms with Crippen molar-refractivity contribution in [2.45, 2.75) is 0 Å². The second kappa shape index (κ2) is 6.79. The second-order valence-corrected chi connectivity index (χ2v) is 2.12. The van der Waals surface area contributed by atoms with Crippen LogP contribution in [-0.2, 0) is 14.2 Å². The van der Waals surface area contributed by atoms with Crippen molar-refractivity contribution in [1.29, 1.82) is 0 Å². The fraction of sp³-hybridized carbons (Fsp3) is 0.333. The summed E-state index contributed by atoms with van der Waals surface area (Å²) in [5, 5.41) is 0. The highest BCUT2D eigenvalue weighted by atomic mass is 16.8. The van der Waals surface area contributed by atoms with E-state index in [1.165, 1.54) is 0 Å². The van der Waals surface area contributed by atoms with Gasteiger partial charge in [-0.25, -0.2) is 0 Å². The number of benzene rings is 1. The lowest BCUT2D eigenvalue weighted by atomic mass is 10.4. The Hall–Kier alpha value is -0.900. The molecule has 1 fully saturated rings. The minimum atomic E-state index is 0.375. The number of rotatable bonds is 0. The van der Waals surface area contributed by atoms with E-state index in [1.807, 2.05) is 36.4 Å². The average molecular weight is 168 g/mol. The predicted octanol–water partition coefficient (Wildman–Crippen LogP) is 1.61. The minimum Gasteiger partial charge on any atom is -0.329 e. The van der Waals surface area contributed by atoms with E-state index < -0.39 is 0 Å². The van der Waals surface area contributed by atoms with E-state index in [-0.39, 0.29) is 0 Å². The molecule has 0 spiro atoms. The molecule has 66 valence electrons. The van der Waals surface area contributed by atoms with Gasteiger partial charge in [-0.2, -0.15) is 0 Å². The van der Waals surface area contributed by atoms with Crippen LogP contribution in [0.2, 0.25) is 0 Å². The van der Waals surface area contributed by atoms with Crippen LogP contribution in [0.5, 0.6) is 0 Å². The minimum absolute atomic E-state index is 0.375. The van der Waals surface area contributed by atoms with Crippen LogP contribution in [0.15, 0.2) is 36.4 Å². The maximum atomic E-state index is 4.62. The molecule has 0 aliphatic carbocycles. The topological polar surface area (TPSA) is 27.7 Å². The Bertz CT molecular complexity index is 134. The van der Waals surface area contributed by atoms with Crippen molar-refractivity contribution in [3.63, 3.8) is 0 Å². The van der Waals surface area contributed by atoms with Crippen LogP contribution < -0.4 is 0 Å². The van der Waals surface area contributed by atoms with Crippen molar-refractivity contribution >= 4 is 0 Å². The van der Waals surface area contributed by atoms with Gasteiger partial charge in [0.15, 0.2) is 20.4 Å². The van der Waals surface area contributed by atoms with Crippen molar-refractivity contribution < 1.29 is 14.2 Å². The molecule has 1 heterocycles. The van der Waals surface area contributed by atoms with Crippen LogP contribution in [0, 0.1) is 0 Å². The van der Waals surface area contributed by atoms with E-state index in [2.05, 4.69) is 14.2 Å². The van der Waals surface area contributed by atoms with Gasteiger partial charge in [-0.1, -0.05) is 36.4 Å². The van der Waals surface area contributed by atoms with Crippen LogP contribution in [0.4, 0.5) is 0 Å². The molecule has 2 rings (SSSR count). The molecule has 1 aliphatic rings. The summed E-state index contributed by atoms with van der Waals surface area (Å²) in [6, 6.07) is 12.0. The van der Waals surface area contributed by atoms with Crippen molar-refractivity contribution in [3.8, 4) is 0 Å². The summed E-state index contributed by atoms with van der Waals surface area (Å²) in [7, 11) is 0. The number of ether oxygens (including phenoxy) is 3. The second-order valence-electron chi connectivity index (χ2n) is 2.12. The molecule has 12 heavy (non-hydrogen) atoms. The van der Waals surface area contributed by atoms with Gasteiger partial charge in [-0.15, -0.1) is 0 Å². The molecule has 1 aliphatic heterocycles. The molecule has 0 radical (unpaired) electrons. The maximum absolute atomic E-state index is 4.62. The zero-order valence-corrected chi connectivity index (χ0v) is 6.81. The molecule has 1 aromatic carbocycles. The Morgan fingerprint density at radius 3 is 0.917 bits per heavy atom. The highest BCUT2D eigenvalue weighted by molar-refractivity contribution is 4.99. The molecule has 3 heteroatoms. The quantitative estimate of drug-likeness (QED) is 0.589. The fourth-order valence-corrected chi connectivity index (χ4v) is 0.664. The third kappa shape index (κ3) is 4.85. The lowest BCUT2D eigenvalue weighted by molar-refractivity contribution is -0.247. The van der Waals surface area contributed by atoms with Crippen LogP contribution in [0.1, 0.15) is 0 Å². The Morgan fingerprint density at radius 1 is 0.500 bits per heavy atom. The molecule has 0 N–H and O–H groups in total. The molecular weight excluding hydrogens is 156 g/mol. The van der Waals surface area contributed by atoms with Gasteiger partial charge in [0.1, 0.15) is 0 Å². The molecular formula is C9H12O3. The molecule has 0 unspecified atom stereocenters. The summed E-state index contributed by atoms with van der Waals surface area (Å²) < 4.78 is 13.9. The standard InChI is InChI=1S/C6H6.C3H6O3/c1-2-4-6-5-3-1;1-4-2-6-3-5-1/h1-6H;1-3H2. The average Bonchev–Trinajstić information content (AvgIpc) is 2.24. The maximum Gasteiger partial charge on any atom is 0.152 e. The van der Waals surface area contributed by atoms with Gasteiger partial charge in [-0.3, -0.25) is 0 Å². The van der Waals surface area contributed by atoms with Crippen LogP contribution in [0.25, 0.3) is 0 Å². The first-order chi connectivity index (χ1) is 6.00. The van der Waals surface area contributed by atoms with Crippen LogP contribution in [0.3, 0.4) is 0 Å². The fourth-order valence-electron chi connectivity index (χ4n) is 0.664. The summed E-state index contributed by atoms with van der Waals surface area (Å²) in [6.07, 6.45) is 0. The normalized spacial score (nSPS) is 16.0. The van der Waals surface area contributed by atoms with E-state index in [1.54, 1.807) is 0 Å². The van der Waals surface area contributed by atoms with E-state index in [9.17, 15) is 0 Å². The molecule has 0 saturated carbocycles. The van der Waals surface area contributed by atoms with Crippen molar-refractivity contribution in [3.05, 3.63) is 36.4 Å². The van der Waals surface area contributed by atoms with Crippen LogP contribution >= 0.6 is 0 Å². The van der Waals surface area contributed by atoms with Gasteiger partial charge < -0.3 is 14.2 Å². The first-order valence-corrected chi connectivity index (χ1v) is 3.73. The van der Waals surface area contributed by atoms with Crippen molar-refractivity contribution in [1.82, 2.24) is 0 Å². The highest BCUT2D eigenvalue weighted by Gasteiger charge is 1.93. The number of hydrogen-bond donors (Lipinski definition) is 0. The largest absolute Gasteiger partial charge is 0.329 e. The Kier molecular flexibility index (Phi) is 5.20. The summed E-state index contributed by atoms with van der Waals surface area (Å²) in [5.41, 5.74) is 0. The van der Waals surface area contributed by atoms with Crippen LogP contribution in [-0.4, -0.2) is 20.4 Å². The van der Waals surface area contributed by atoms with Crippen molar-refractivity contribution in [2.24, 2.45) is 0 Å². The van der Waals surface area contributed by atoms with Gasteiger partial charge >= 0.3 is 0 Å². The molecule has 0 amide bonds. The van der Waals surface area contributed by atoms with Gasteiger partial charge in [0.05, 0.1) is 0 Å². The summed E-state index contributed by atoms with van der Waals surface area (Å²) >= 11 is 0. The van der Waals surface area contributed by atoms with E-state index in [4.69, 9.17) is 0 Å². The molecule has 0 atom stereocenters. The smallest absolute Gasteiger partial charge is 0.152 e. The monoisotopic (exact) mass is 168 g/mol. The van der Waals surface area contributed by atoms with Gasteiger partial charge in [0, 0.05) is 0 Å². The molecule has 0 bridgehead atoms. The van der Waals surface area contributed by atoms with E-state index >= 15 is 0 Å². The Morgan fingerprint density at radius 2 is 0.750 bits per heavy atom. The molecule has 1 saturated heterocycles. The third-order valence-electron chi connectivity index (χ3n) is 1.17. The summed E-state index contributed by atoms with van der Waals surface area (Å²) in [4.78, 5) is 0. The predicted molar refractivity (Wildman–Crippen MR) is 44.3 cm³/mol. The lowest BCUT2D eigenvalue weighted by Crippen LogP contribution is -2.14. The highest BCUT2D eigenvalue weighted by Crippen LogP contribution is 1.87. The van der Waals surface area contributed by atoms with Gasteiger partial charge in [-0.05, 0) is 0 Å². The summed E-state index contributed by atoms with van der Waals surface area (Å²) in [5.74, 6) is 0. The van der Waals surface area contributed by atoms with Gasteiger partial charge in [0.2, 0.25) is 0 Å². The third-order valence-corrected chi connectivity index (χ3v) is 1.17. The first-order valence-electron chi connectivity index (χ1n) is 3.73. The van der Waals surface area contributed by atoms with E-state index in [0.717, 1.165) is 0 Å². The van der Waals surface area contributed by atoms with E-state index in [0.29, 0.717) is 20.4 Å². The Labute approximate surface area is 71.9 Å². The van der Waals surface area contributed by atoms with Crippen molar-refractivity contribution in [2.75, 3.05) is 20.4 Å².